The Kier molecular flexibility index (Phi) is 7.35. The fourth-order valence-electron chi connectivity index (χ4n) is 3.67. The highest BCUT2D eigenvalue weighted by Gasteiger charge is 2.31. The molecule has 2 amide bonds. The molecule has 4 rings (SSSR count). The lowest BCUT2D eigenvalue weighted by Crippen LogP contribution is -2.29. The summed E-state index contributed by atoms with van der Waals surface area (Å²) in [6.07, 6.45) is 4.78. The number of fused-ring (bicyclic) bond motifs is 1. The number of hydrogen-bond acceptors (Lipinski definition) is 4. The quantitative estimate of drug-likeness (QED) is 0.246. The van der Waals surface area contributed by atoms with Crippen molar-refractivity contribution in [3.05, 3.63) is 83.3 Å². The highest BCUT2D eigenvalue weighted by Crippen LogP contribution is 2.32. The zero-order valence-corrected chi connectivity index (χ0v) is 19.3. The highest BCUT2D eigenvalue weighted by atomic mass is 32.2. The van der Waals surface area contributed by atoms with E-state index < -0.39 is 0 Å². The molecule has 1 fully saturated rings. The average Bonchev–Trinajstić information content (AvgIpc) is 3.07. The Bertz CT molecular complexity index is 1170. The summed E-state index contributed by atoms with van der Waals surface area (Å²) in [7, 11) is 0. The molecule has 0 saturated carbocycles. The third-order valence-electron chi connectivity index (χ3n) is 5.32. The molecular weight excluding hydrogens is 436 g/mol. The summed E-state index contributed by atoms with van der Waals surface area (Å²) in [6.45, 7) is 0.585. The van der Waals surface area contributed by atoms with Crippen LogP contribution in [0.2, 0.25) is 0 Å². The Balaban J connectivity index is 1.22. The third kappa shape index (κ3) is 5.44. The van der Waals surface area contributed by atoms with Gasteiger partial charge in [-0.15, -0.1) is 0 Å². The molecule has 3 aromatic carbocycles. The summed E-state index contributed by atoms with van der Waals surface area (Å²) in [5.41, 5.74) is 1.83. The number of rotatable bonds is 8. The molecule has 32 heavy (non-hydrogen) atoms. The van der Waals surface area contributed by atoms with Gasteiger partial charge in [-0.25, -0.2) is 0 Å². The molecule has 1 N–H and O–H groups in total. The maximum absolute atomic E-state index is 12.7. The van der Waals surface area contributed by atoms with Crippen molar-refractivity contribution < 1.29 is 9.59 Å². The predicted molar refractivity (Wildman–Crippen MR) is 137 cm³/mol. The maximum Gasteiger partial charge on any atom is 0.266 e. The van der Waals surface area contributed by atoms with Gasteiger partial charge in [0.2, 0.25) is 5.91 Å². The summed E-state index contributed by atoms with van der Waals surface area (Å²) in [4.78, 5) is 27.4. The largest absolute Gasteiger partial charge is 0.326 e. The molecule has 3 aromatic rings. The van der Waals surface area contributed by atoms with Gasteiger partial charge in [0.15, 0.2) is 0 Å². The number of thiocarbonyl (C=S) groups is 1. The molecule has 0 bridgehead atoms. The Hall–Kier alpha value is -2.96. The lowest BCUT2D eigenvalue weighted by Gasteiger charge is -2.14. The lowest BCUT2D eigenvalue weighted by molar-refractivity contribution is -0.122. The zero-order valence-electron chi connectivity index (χ0n) is 17.6. The molecule has 162 valence electrons. The molecule has 0 atom stereocenters. The molecule has 0 unspecified atom stereocenters. The number of unbranched alkanes of at least 4 members (excludes halogenated alkanes) is 2. The van der Waals surface area contributed by atoms with Gasteiger partial charge in [0, 0.05) is 24.0 Å². The lowest BCUT2D eigenvalue weighted by atomic mass is 10.1. The van der Waals surface area contributed by atoms with Crippen LogP contribution in [0, 0.1) is 0 Å². The first-order chi connectivity index (χ1) is 15.6. The summed E-state index contributed by atoms with van der Waals surface area (Å²) < 4.78 is 0.603. The summed E-state index contributed by atoms with van der Waals surface area (Å²) in [5, 5.41) is 5.17. The van der Waals surface area contributed by atoms with E-state index in [1.165, 1.54) is 11.8 Å². The first kappa shape index (κ1) is 22.2. The van der Waals surface area contributed by atoms with Gasteiger partial charge in [-0.3, -0.25) is 14.5 Å². The first-order valence-corrected chi connectivity index (χ1v) is 11.9. The molecule has 0 radical (unpaired) electrons. The topological polar surface area (TPSA) is 49.4 Å². The van der Waals surface area contributed by atoms with Crippen LogP contribution < -0.4 is 5.32 Å². The number of hydrogen-bond donors (Lipinski definition) is 1. The molecule has 0 aliphatic carbocycles. The Morgan fingerprint density at radius 2 is 1.69 bits per heavy atom. The fraction of sp³-hybridized carbons (Fsp3) is 0.192. The maximum atomic E-state index is 12.7. The van der Waals surface area contributed by atoms with E-state index in [1.807, 2.05) is 78.9 Å². The van der Waals surface area contributed by atoms with Gasteiger partial charge >= 0.3 is 0 Å². The van der Waals surface area contributed by atoms with E-state index in [1.54, 1.807) is 4.90 Å². The van der Waals surface area contributed by atoms with E-state index in [4.69, 9.17) is 12.2 Å². The smallest absolute Gasteiger partial charge is 0.266 e. The summed E-state index contributed by atoms with van der Waals surface area (Å²) >= 11 is 6.76. The van der Waals surface area contributed by atoms with Gasteiger partial charge in [0.05, 0.1) is 4.91 Å². The standard InChI is InChI=1S/C26H24N2O2S2/c29-24(27-22-15-9-13-20-12-6-7-14-21(20)22)16-5-2-8-17-28-25(30)23(32-26(28)31)18-19-10-3-1-4-11-19/h1,3-4,6-7,9-15,18H,2,5,8,16-17H2,(H,27,29)/b23-18-. The van der Waals surface area contributed by atoms with Crippen molar-refractivity contribution >= 4 is 62.7 Å². The first-order valence-electron chi connectivity index (χ1n) is 10.7. The number of thioether (sulfide) groups is 1. The van der Waals surface area contributed by atoms with Crippen LogP contribution in [0.4, 0.5) is 5.69 Å². The van der Waals surface area contributed by atoms with Gasteiger partial charge in [-0.05, 0) is 35.9 Å². The second-order valence-corrected chi connectivity index (χ2v) is 9.31. The van der Waals surface area contributed by atoms with Crippen molar-refractivity contribution in [2.24, 2.45) is 0 Å². The predicted octanol–water partition coefficient (Wildman–Crippen LogP) is 6.24. The minimum absolute atomic E-state index is 0.0118. The monoisotopic (exact) mass is 460 g/mol. The van der Waals surface area contributed by atoms with E-state index >= 15 is 0 Å². The zero-order chi connectivity index (χ0) is 22.3. The molecular formula is C26H24N2O2S2. The van der Waals surface area contributed by atoms with Gasteiger partial charge in [-0.1, -0.05) is 97.1 Å². The van der Waals surface area contributed by atoms with Crippen LogP contribution in [-0.2, 0) is 9.59 Å². The third-order valence-corrected chi connectivity index (χ3v) is 6.70. The number of amides is 2. The van der Waals surface area contributed by atoms with E-state index in [9.17, 15) is 9.59 Å². The van der Waals surface area contributed by atoms with E-state index in [-0.39, 0.29) is 11.8 Å². The van der Waals surface area contributed by atoms with Crippen LogP contribution in [0.3, 0.4) is 0 Å². The van der Waals surface area contributed by atoms with Crippen molar-refractivity contribution in [3.8, 4) is 0 Å². The van der Waals surface area contributed by atoms with Crippen molar-refractivity contribution in [2.45, 2.75) is 25.7 Å². The van der Waals surface area contributed by atoms with Crippen LogP contribution in [0.1, 0.15) is 31.2 Å². The number of nitrogens with one attached hydrogen (secondary N) is 1. The minimum atomic E-state index is -0.0300. The van der Waals surface area contributed by atoms with E-state index in [0.717, 1.165) is 41.3 Å². The Labute approximate surface area is 197 Å². The van der Waals surface area contributed by atoms with Crippen molar-refractivity contribution in [1.82, 2.24) is 4.90 Å². The second-order valence-electron chi connectivity index (χ2n) is 7.63. The van der Waals surface area contributed by atoms with E-state index in [2.05, 4.69) is 5.32 Å². The molecule has 1 aliphatic heterocycles. The van der Waals surface area contributed by atoms with Crippen molar-refractivity contribution in [3.63, 3.8) is 0 Å². The van der Waals surface area contributed by atoms with Gasteiger partial charge < -0.3 is 5.32 Å². The molecule has 1 aliphatic rings. The number of anilines is 1. The van der Waals surface area contributed by atoms with Gasteiger partial charge in [-0.2, -0.15) is 0 Å². The van der Waals surface area contributed by atoms with Crippen molar-refractivity contribution in [1.29, 1.82) is 0 Å². The van der Waals surface area contributed by atoms with Crippen molar-refractivity contribution in [2.75, 3.05) is 11.9 Å². The number of benzene rings is 3. The molecule has 1 saturated heterocycles. The van der Waals surface area contributed by atoms with Gasteiger partial charge in [0.25, 0.3) is 5.91 Å². The Morgan fingerprint density at radius 1 is 0.938 bits per heavy atom. The molecule has 0 spiro atoms. The normalized spacial score (nSPS) is 15.0. The van der Waals surface area contributed by atoms with E-state index in [0.29, 0.717) is 22.2 Å². The van der Waals surface area contributed by atoms with Crippen LogP contribution >= 0.6 is 24.0 Å². The summed E-state index contributed by atoms with van der Waals surface area (Å²) in [6, 6.07) is 23.7. The van der Waals surface area contributed by atoms with Gasteiger partial charge in [0.1, 0.15) is 4.32 Å². The SMILES string of the molecule is O=C(CCCCCN1C(=O)/C(=C/c2ccccc2)SC1=S)Nc1cccc2ccccc12. The number of carbonyl (C=O) groups is 2. The number of carbonyl (C=O) groups excluding carboxylic acids is 2. The van der Waals surface area contributed by atoms with Crippen LogP contribution in [0.5, 0.6) is 0 Å². The summed E-state index contributed by atoms with van der Waals surface area (Å²) in [5.74, 6) is -0.0182. The van der Waals surface area contributed by atoms with Crippen LogP contribution in [0.15, 0.2) is 77.7 Å². The minimum Gasteiger partial charge on any atom is -0.326 e. The molecule has 1 heterocycles. The van der Waals surface area contributed by atoms with Crippen LogP contribution in [-0.4, -0.2) is 27.6 Å². The molecule has 0 aromatic heterocycles. The average molecular weight is 461 g/mol. The molecule has 6 heteroatoms. The van der Waals surface area contributed by atoms with Crippen LogP contribution in [0.25, 0.3) is 16.8 Å². The molecule has 4 nitrogen and oxygen atoms in total. The second kappa shape index (κ2) is 10.6. The highest BCUT2D eigenvalue weighted by molar-refractivity contribution is 8.26. The fourth-order valence-corrected chi connectivity index (χ4v) is 4.98. The number of nitrogens with zero attached hydrogens (tertiary/aromatic N) is 1. The Morgan fingerprint density at radius 3 is 2.53 bits per heavy atom.